The predicted molar refractivity (Wildman–Crippen MR) is 117 cm³/mol. The van der Waals surface area contributed by atoms with Crippen LogP contribution in [0.2, 0.25) is 0 Å². The van der Waals surface area contributed by atoms with E-state index in [0.717, 1.165) is 6.07 Å². The molecule has 31 heavy (non-hydrogen) atoms. The number of nitrogens with zero attached hydrogens (tertiary/aromatic N) is 4. The van der Waals surface area contributed by atoms with Gasteiger partial charge in [-0.3, -0.25) is 25.7 Å². The van der Waals surface area contributed by atoms with Crippen LogP contribution in [0.3, 0.4) is 0 Å². The number of sulfonamides is 1. The fraction of sp³-hybridized carbons (Fsp3) is 0.211. The minimum Gasteiger partial charge on any atom is -0.272 e. The van der Waals surface area contributed by atoms with Crippen molar-refractivity contribution in [2.24, 2.45) is 5.10 Å². The number of allylic oxidation sites excluding steroid dienone is 1. The zero-order valence-corrected chi connectivity index (χ0v) is 17.7. The summed E-state index contributed by atoms with van der Waals surface area (Å²) in [5, 5.41) is 26.2. The molecule has 0 fully saturated rings. The summed E-state index contributed by atoms with van der Waals surface area (Å²) in [4.78, 5) is 21.0. The van der Waals surface area contributed by atoms with Gasteiger partial charge >= 0.3 is 0 Å². The summed E-state index contributed by atoms with van der Waals surface area (Å²) in [5.74, 6) is 0. The van der Waals surface area contributed by atoms with Crippen molar-refractivity contribution >= 4 is 39.4 Å². The maximum atomic E-state index is 12.6. The van der Waals surface area contributed by atoms with Crippen LogP contribution in [0, 0.1) is 20.2 Å². The molecule has 11 nitrogen and oxygen atoms in total. The van der Waals surface area contributed by atoms with Crippen LogP contribution in [0.4, 0.5) is 17.1 Å². The van der Waals surface area contributed by atoms with E-state index >= 15 is 0 Å². The third kappa shape index (κ3) is 5.71. The lowest BCUT2D eigenvalue weighted by Crippen LogP contribution is -2.30. The van der Waals surface area contributed by atoms with Crippen molar-refractivity contribution in [3.8, 4) is 0 Å². The lowest BCUT2D eigenvalue weighted by atomic mass is 10.2. The van der Waals surface area contributed by atoms with Crippen LogP contribution in [-0.4, -0.2) is 41.9 Å². The normalized spacial score (nSPS) is 12.0. The van der Waals surface area contributed by atoms with Gasteiger partial charge in [0.15, 0.2) is 0 Å². The second-order valence-corrected chi connectivity index (χ2v) is 8.03. The van der Waals surface area contributed by atoms with Gasteiger partial charge in [-0.15, -0.1) is 0 Å². The molecule has 2 aromatic rings. The highest BCUT2D eigenvalue weighted by atomic mass is 32.2. The van der Waals surface area contributed by atoms with E-state index in [0.29, 0.717) is 5.56 Å². The Labute approximate surface area is 179 Å². The van der Waals surface area contributed by atoms with Gasteiger partial charge < -0.3 is 0 Å². The van der Waals surface area contributed by atoms with Gasteiger partial charge in [-0.2, -0.15) is 9.41 Å². The molecule has 2 aromatic carbocycles. The zero-order chi connectivity index (χ0) is 23.0. The lowest BCUT2D eigenvalue weighted by Gasteiger charge is -2.18. The van der Waals surface area contributed by atoms with Crippen LogP contribution in [0.5, 0.6) is 0 Å². The van der Waals surface area contributed by atoms with Crippen molar-refractivity contribution in [2.75, 3.05) is 18.5 Å². The molecule has 0 heterocycles. The van der Waals surface area contributed by atoms with Crippen molar-refractivity contribution in [3.63, 3.8) is 0 Å². The molecule has 2 rings (SSSR count). The second-order valence-electron chi connectivity index (χ2n) is 6.09. The van der Waals surface area contributed by atoms with Crippen LogP contribution in [0.15, 0.2) is 58.5 Å². The molecular weight excluding hydrogens is 426 g/mol. The summed E-state index contributed by atoms with van der Waals surface area (Å²) in [6.07, 6.45) is 4.17. The fourth-order valence-electron chi connectivity index (χ4n) is 2.72. The third-order valence-corrected chi connectivity index (χ3v) is 6.31. The summed E-state index contributed by atoms with van der Waals surface area (Å²) in [6, 6.07) is 9.64. The van der Waals surface area contributed by atoms with E-state index in [4.69, 9.17) is 0 Å². The van der Waals surface area contributed by atoms with E-state index in [1.165, 1.54) is 40.9 Å². The molecule has 0 saturated heterocycles. The SMILES string of the molecule is CCN(CC)S(=O)(=O)c1ccc(N/N=C/C=C/c2ccccc2[N+](=O)[O-])c([N+](=O)[O-])c1. The smallest absolute Gasteiger partial charge is 0.272 e. The third-order valence-electron chi connectivity index (χ3n) is 4.26. The molecule has 0 amide bonds. The topological polar surface area (TPSA) is 148 Å². The van der Waals surface area contributed by atoms with Gasteiger partial charge in [0.25, 0.3) is 11.4 Å². The largest absolute Gasteiger partial charge is 0.295 e. The van der Waals surface area contributed by atoms with Crippen LogP contribution < -0.4 is 5.43 Å². The van der Waals surface area contributed by atoms with Crippen LogP contribution >= 0.6 is 0 Å². The maximum absolute atomic E-state index is 12.6. The number of nitro benzene ring substituents is 2. The Bertz CT molecular complexity index is 1130. The Morgan fingerprint density at radius 2 is 1.68 bits per heavy atom. The Morgan fingerprint density at radius 1 is 1.03 bits per heavy atom. The van der Waals surface area contributed by atoms with Gasteiger partial charge in [0, 0.05) is 31.4 Å². The standard InChI is InChI=1S/C19H21N5O6S/c1-3-22(4-2)31(29,30)16-11-12-17(19(14-16)24(27)28)21-20-13-7-9-15-8-5-6-10-18(15)23(25)26/h5-14,21H,3-4H2,1-2H3/b9-7+,20-13+. The molecular formula is C19H21N5O6S. The average Bonchev–Trinajstić information content (AvgIpc) is 2.74. The summed E-state index contributed by atoms with van der Waals surface area (Å²) < 4.78 is 26.4. The molecule has 164 valence electrons. The zero-order valence-electron chi connectivity index (χ0n) is 16.8. The number of hydrazone groups is 1. The fourth-order valence-corrected chi connectivity index (χ4v) is 4.20. The second kappa shape index (κ2) is 10.4. The number of anilines is 1. The Kier molecular flexibility index (Phi) is 7.94. The van der Waals surface area contributed by atoms with Crippen molar-refractivity contribution in [2.45, 2.75) is 18.7 Å². The summed E-state index contributed by atoms with van der Waals surface area (Å²) in [6.45, 7) is 3.83. The molecule has 1 N–H and O–H groups in total. The molecule has 0 saturated carbocycles. The summed E-state index contributed by atoms with van der Waals surface area (Å²) >= 11 is 0. The molecule has 0 atom stereocenters. The molecule has 0 aliphatic heterocycles. The van der Waals surface area contributed by atoms with Crippen molar-refractivity contribution < 1.29 is 18.3 Å². The van der Waals surface area contributed by atoms with Gasteiger partial charge in [-0.1, -0.05) is 26.0 Å². The van der Waals surface area contributed by atoms with E-state index in [2.05, 4.69) is 10.5 Å². The Balaban J connectivity index is 2.22. The summed E-state index contributed by atoms with van der Waals surface area (Å²) in [5.41, 5.74) is 2.34. The molecule has 0 aliphatic carbocycles. The van der Waals surface area contributed by atoms with E-state index in [-0.39, 0.29) is 29.4 Å². The lowest BCUT2D eigenvalue weighted by molar-refractivity contribution is -0.385. The highest BCUT2D eigenvalue weighted by Crippen LogP contribution is 2.29. The highest BCUT2D eigenvalue weighted by molar-refractivity contribution is 7.89. The first-order valence-corrected chi connectivity index (χ1v) is 10.6. The number of hydrogen-bond acceptors (Lipinski definition) is 8. The van der Waals surface area contributed by atoms with E-state index in [1.54, 1.807) is 32.0 Å². The van der Waals surface area contributed by atoms with Crippen molar-refractivity contribution in [1.29, 1.82) is 0 Å². The molecule has 0 bridgehead atoms. The van der Waals surface area contributed by atoms with Gasteiger partial charge in [-0.25, -0.2) is 8.42 Å². The molecule has 12 heteroatoms. The van der Waals surface area contributed by atoms with Gasteiger partial charge in [0.2, 0.25) is 10.0 Å². The monoisotopic (exact) mass is 447 g/mol. The number of nitrogens with one attached hydrogen (secondary N) is 1. The number of para-hydroxylation sites is 1. The Hall–Kier alpha value is -3.64. The van der Waals surface area contributed by atoms with Crippen molar-refractivity contribution in [1.82, 2.24) is 4.31 Å². The van der Waals surface area contributed by atoms with E-state index in [9.17, 15) is 28.6 Å². The first-order valence-electron chi connectivity index (χ1n) is 9.20. The van der Waals surface area contributed by atoms with Crippen molar-refractivity contribution in [3.05, 3.63) is 74.3 Å². The van der Waals surface area contributed by atoms with Crippen LogP contribution in [0.1, 0.15) is 19.4 Å². The predicted octanol–water partition coefficient (Wildman–Crippen LogP) is 3.64. The number of benzene rings is 2. The molecule has 0 aliphatic rings. The molecule has 0 radical (unpaired) electrons. The molecule has 0 aromatic heterocycles. The highest BCUT2D eigenvalue weighted by Gasteiger charge is 2.25. The first-order chi connectivity index (χ1) is 14.7. The van der Waals surface area contributed by atoms with Crippen LogP contribution in [0.25, 0.3) is 6.08 Å². The van der Waals surface area contributed by atoms with Gasteiger partial charge in [0.05, 0.1) is 20.3 Å². The number of rotatable bonds is 10. The van der Waals surface area contributed by atoms with Crippen LogP contribution in [-0.2, 0) is 10.0 Å². The summed E-state index contributed by atoms with van der Waals surface area (Å²) in [7, 11) is -3.85. The number of nitro groups is 2. The first kappa shape index (κ1) is 23.6. The quantitative estimate of drug-likeness (QED) is 0.332. The van der Waals surface area contributed by atoms with Gasteiger partial charge in [0.1, 0.15) is 5.69 Å². The minimum atomic E-state index is -3.85. The number of hydrogen-bond donors (Lipinski definition) is 1. The van der Waals surface area contributed by atoms with E-state index in [1.807, 2.05) is 0 Å². The minimum absolute atomic E-state index is 0.00108. The molecule has 0 spiro atoms. The molecule has 0 unspecified atom stereocenters. The van der Waals surface area contributed by atoms with Gasteiger partial charge in [-0.05, 0) is 30.4 Å². The van der Waals surface area contributed by atoms with E-state index < -0.39 is 25.6 Å². The average molecular weight is 447 g/mol. The maximum Gasteiger partial charge on any atom is 0.295 e. The Morgan fingerprint density at radius 3 is 2.29 bits per heavy atom.